The molecule has 0 aliphatic carbocycles. The monoisotopic (exact) mass is 436 g/mol. The molecule has 0 bridgehead atoms. The number of pyridine rings is 1. The fraction of sp³-hybridized carbons (Fsp3) is 0.333. The molecular formula is C24H25ClN4O2. The van der Waals surface area contributed by atoms with E-state index in [1.807, 2.05) is 43.5 Å². The predicted molar refractivity (Wildman–Crippen MR) is 123 cm³/mol. The highest BCUT2D eigenvalue weighted by Crippen LogP contribution is 2.27. The van der Waals surface area contributed by atoms with Crippen molar-refractivity contribution in [2.75, 3.05) is 26.2 Å². The molecule has 1 saturated heterocycles. The number of rotatable bonds is 5. The average Bonchev–Trinajstić information content (AvgIpc) is 3.17. The molecule has 0 spiro atoms. The van der Waals surface area contributed by atoms with Gasteiger partial charge in [-0.05, 0) is 41.8 Å². The van der Waals surface area contributed by atoms with Gasteiger partial charge in [-0.1, -0.05) is 24.6 Å². The van der Waals surface area contributed by atoms with Crippen LogP contribution in [-0.4, -0.2) is 45.4 Å². The summed E-state index contributed by atoms with van der Waals surface area (Å²) in [5.74, 6) is 0. The molecule has 4 aromatic rings. The second-order valence-corrected chi connectivity index (χ2v) is 8.54. The molecule has 1 aliphatic rings. The van der Waals surface area contributed by atoms with E-state index in [4.69, 9.17) is 21.0 Å². The van der Waals surface area contributed by atoms with E-state index in [2.05, 4.69) is 20.4 Å². The summed E-state index contributed by atoms with van der Waals surface area (Å²) >= 11 is 6.44. The third-order valence-electron chi connectivity index (χ3n) is 6.04. The van der Waals surface area contributed by atoms with Crippen molar-refractivity contribution in [2.24, 2.45) is 0 Å². The van der Waals surface area contributed by atoms with Crippen molar-refractivity contribution < 1.29 is 4.42 Å². The Labute approximate surface area is 185 Å². The van der Waals surface area contributed by atoms with E-state index in [0.29, 0.717) is 12.1 Å². The van der Waals surface area contributed by atoms with Crippen molar-refractivity contribution >= 4 is 28.2 Å². The molecular weight excluding hydrogens is 412 g/mol. The van der Waals surface area contributed by atoms with Crippen LogP contribution in [0.15, 0.2) is 58.0 Å². The van der Waals surface area contributed by atoms with Crippen LogP contribution in [0, 0.1) is 0 Å². The van der Waals surface area contributed by atoms with Gasteiger partial charge in [0, 0.05) is 68.1 Å². The number of halogens is 1. The lowest BCUT2D eigenvalue weighted by molar-refractivity contribution is 0.121. The molecule has 5 rings (SSSR count). The van der Waals surface area contributed by atoms with Crippen LogP contribution >= 0.6 is 11.6 Å². The number of nitrogens with zero attached hydrogens (tertiary/aromatic N) is 4. The summed E-state index contributed by atoms with van der Waals surface area (Å²) in [6.45, 7) is 7.42. The van der Waals surface area contributed by atoms with Crippen LogP contribution in [0.2, 0.25) is 5.02 Å². The second-order valence-electron chi connectivity index (χ2n) is 8.13. The van der Waals surface area contributed by atoms with Crippen molar-refractivity contribution in [1.29, 1.82) is 0 Å². The van der Waals surface area contributed by atoms with Crippen molar-refractivity contribution in [2.45, 2.75) is 26.4 Å². The molecule has 4 heterocycles. The highest BCUT2D eigenvalue weighted by Gasteiger charge is 2.20. The van der Waals surface area contributed by atoms with Crippen LogP contribution in [0.3, 0.4) is 0 Å². The summed E-state index contributed by atoms with van der Waals surface area (Å²) < 4.78 is 7.51. The first-order chi connectivity index (χ1) is 15.1. The Morgan fingerprint density at radius 2 is 1.81 bits per heavy atom. The summed E-state index contributed by atoms with van der Waals surface area (Å²) in [7, 11) is 0. The van der Waals surface area contributed by atoms with Gasteiger partial charge < -0.3 is 8.82 Å². The quantitative estimate of drug-likeness (QED) is 0.443. The van der Waals surface area contributed by atoms with Gasteiger partial charge in [-0.15, -0.1) is 0 Å². The molecule has 3 aromatic heterocycles. The summed E-state index contributed by atoms with van der Waals surface area (Å²) in [6.07, 6.45) is 4.93. The molecule has 1 aliphatic heterocycles. The van der Waals surface area contributed by atoms with Gasteiger partial charge in [-0.25, -0.2) is 9.78 Å². The summed E-state index contributed by atoms with van der Waals surface area (Å²) in [4.78, 5) is 21.6. The number of aromatic nitrogens is 2. The number of hydrogen-bond donors (Lipinski definition) is 0. The molecule has 0 N–H and O–H groups in total. The van der Waals surface area contributed by atoms with Gasteiger partial charge in [0.15, 0.2) is 0 Å². The molecule has 0 unspecified atom stereocenters. The maximum atomic E-state index is 12.1. The Kier molecular flexibility index (Phi) is 5.52. The first-order valence-corrected chi connectivity index (χ1v) is 11.1. The molecule has 6 nitrogen and oxygen atoms in total. The van der Waals surface area contributed by atoms with Crippen LogP contribution in [-0.2, 0) is 19.5 Å². The minimum Gasteiger partial charge on any atom is -0.423 e. The molecule has 31 heavy (non-hydrogen) atoms. The largest absolute Gasteiger partial charge is 0.423 e. The van der Waals surface area contributed by atoms with Gasteiger partial charge in [0.2, 0.25) is 0 Å². The minimum atomic E-state index is -0.308. The summed E-state index contributed by atoms with van der Waals surface area (Å²) in [5.41, 5.74) is 4.36. The van der Waals surface area contributed by atoms with Gasteiger partial charge in [0.25, 0.3) is 0 Å². The molecule has 1 aromatic carbocycles. The minimum absolute atomic E-state index is 0.308. The Balaban J connectivity index is 1.27. The van der Waals surface area contributed by atoms with E-state index >= 15 is 0 Å². The Bertz CT molecular complexity index is 1250. The molecule has 1 fully saturated rings. The molecule has 0 saturated carbocycles. The molecule has 160 valence electrons. The molecule has 7 heteroatoms. The summed E-state index contributed by atoms with van der Waals surface area (Å²) in [5, 5.41) is 1.65. The van der Waals surface area contributed by atoms with Gasteiger partial charge >= 0.3 is 5.63 Å². The fourth-order valence-electron chi connectivity index (χ4n) is 4.33. The third-order valence-corrected chi connectivity index (χ3v) is 6.39. The Morgan fingerprint density at radius 1 is 1.03 bits per heavy atom. The lowest BCUT2D eigenvalue weighted by Gasteiger charge is -2.34. The highest BCUT2D eigenvalue weighted by atomic mass is 35.5. The number of aryl methyl sites for hydroxylation is 1. The van der Waals surface area contributed by atoms with Crippen molar-refractivity contribution in [3.63, 3.8) is 0 Å². The van der Waals surface area contributed by atoms with E-state index in [9.17, 15) is 4.79 Å². The van der Waals surface area contributed by atoms with Crippen LogP contribution < -0.4 is 5.63 Å². The van der Waals surface area contributed by atoms with E-state index in [1.54, 1.807) is 6.07 Å². The van der Waals surface area contributed by atoms with Crippen molar-refractivity contribution in [3.05, 3.63) is 81.1 Å². The SMILES string of the molecule is CCc1cc2oc(=O)cc(CN3CCN(Cc4cn5ccccc5n4)CC3)c2cc1Cl. The van der Waals surface area contributed by atoms with E-state index < -0.39 is 0 Å². The normalized spacial score (nSPS) is 15.8. The van der Waals surface area contributed by atoms with Crippen molar-refractivity contribution in [3.8, 4) is 0 Å². The van der Waals surface area contributed by atoms with Gasteiger partial charge in [-0.2, -0.15) is 0 Å². The van der Waals surface area contributed by atoms with Gasteiger partial charge in [0.1, 0.15) is 11.2 Å². The zero-order valence-electron chi connectivity index (χ0n) is 17.6. The van der Waals surface area contributed by atoms with Gasteiger partial charge in [-0.3, -0.25) is 9.80 Å². The Hall–Kier alpha value is -2.67. The maximum absolute atomic E-state index is 12.1. The first-order valence-electron chi connectivity index (χ1n) is 10.7. The molecule has 0 radical (unpaired) electrons. The van der Waals surface area contributed by atoms with Crippen molar-refractivity contribution in [1.82, 2.24) is 19.2 Å². The predicted octanol–water partition coefficient (Wildman–Crippen LogP) is 3.97. The van der Waals surface area contributed by atoms with Gasteiger partial charge in [0.05, 0.1) is 5.69 Å². The molecule has 0 atom stereocenters. The second kappa shape index (κ2) is 8.46. The van der Waals surface area contributed by atoms with Crippen LogP contribution in [0.25, 0.3) is 16.6 Å². The van der Waals surface area contributed by atoms with E-state index in [-0.39, 0.29) is 5.63 Å². The standard InChI is InChI=1S/C24H25ClN4O2/c1-2-17-11-22-20(13-21(17)25)18(12-24(30)31-22)14-27-7-9-28(10-8-27)15-19-16-29-6-4-3-5-23(29)26-19/h3-6,11-13,16H,2,7-10,14-15H2,1H3. The zero-order chi connectivity index (χ0) is 21.4. The van der Waals surface area contributed by atoms with Crippen LogP contribution in [0.4, 0.5) is 0 Å². The van der Waals surface area contributed by atoms with Crippen LogP contribution in [0.1, 0.15) is 23.7 Å². The smallest absolute Gasteiger partial charge is 0.336 e. The van der Waals surface area contributed by atoms with E-state index in [1.165, 1.54) is 0 Å². The summed E-state index contributed by atoms with van der Waals surface area (Å²) in [6, 6.07) is 11.5. The average molecular weight is 437 g/mol. The third kappa shape index (κ3) is 4.24. The number of piperazine rings is 1. The molecule has 0 amide bonds. The lowest BCUT2D eigenvalue weighted by atomic mass is 10.1. The topological polar surface area (TPSA) is 54.0 Å². The lowest BCUT2D eigenvalue weighted by Crippen LogP contribution is -2.45. The highest BCUT2D eigenvalue weighted by molar-refractivity contribution is 6.32. The number of benzene rings is 1. The first kappa shape index (κ1) is 20.2. The fourth-order valence-corrected chi connectivity index (χ4v) is 4.63. The van der Waals surface area contributed by atoms with E-state index in [0.717, 1.165) is 72.0 Å². The number of hydrogen-bond acceptors (Lipinski definition) is 5. The number of imidazole rings is 1. The van der Waals surface area contributed by atoms with Crippen LogP contribution in [0.5, 0.6) is 0 Å². The Morgan fingerprint density at radius 3 is 2.55 bits per heavy atom. The number of fused-ring (bicyclic) bond motifs is 2. The zero-order valence-corrected chi connectivity index (χ0v) is 18.3. The maximum Gasteiger partial charge on any atom is 0.336 e.